The van der Waals surface area contributed by atoms with E-state index in [-0.39, 0.29) is 5.78 Å². The molecule has 0 aromatic rings. The molecule has 0 bridgehead atoms. The lowest BCUT2D eigenvalue weighted by Crippen LogP contribution is -2.33. The largest absolute Gasteiger partial charge is 0.482 e. The minimum absolute atomic E-state index is 0.139. The van der Waals surface area contributed by atoms with Crippen LogP contribution in [-0.2, 0) is 14.3 Å². The van der Waals surface area contributed by atoms with E-state index in [0.29, 0.717) is 5.90 Å². The molecule has 0 fully saturated rings. The number of carbonyl (C=O) groups excluding carboxylic acids is 1. The summed E-state index contributed by atoms with van der Waals surface area (Å²) in [6.45, 7) is 0. The Morgan fingerprint density at radius 1 is 1.55 bits per heavy atom. The fraction of sp³-hybridized carbons (Fsp3) is 0.429. The van der Waals surface area contributed by atoms with Crippen molar-refractivity contribution in [2.75, 3.05) is 14.2 Å². The van der Waals surface area contributed by atoms with E-state index in [0.717, 1.165) is 0 Å². The molecule has 0 saturated carbocycles. The van der Waals surface area contributed by atoms with Crippen LogP contribution < -0.4 is 0 Å². The molecule has 1 heterocycles. The van der Waals surface area contributed by atoms with Gasteiger partial charge in [0.25, 0.3) is 0 Å². The van der Waals surface area contributed by atoms with E-state index in [2.05, 4.69) is 4.99 Å². The van der Waals surface area contributed by atoms with E-state index in [9.17, 15) is 4.79 Å². The number of rotatable bonds is 1. The zero-order valence-corrected chi connectivity index (χ0v) is 6.40. The van der Waals surface area contributed by atoms with Crippen LogP contribution in [0.5, 0.6) is 0 Å². The molecule has 0 spiro atoms. The standard InChI is InChI=1S/C7H9NO3/c1-10-6-5(9)3-4-8-7(6)11-2/h3-4,6H,1-2H3. The van der Waals surface area contributed by atoms with Crippen LogP contribution in [0, 0.1) is 0 Å². The van der Waals surface area contributed by atoms with E-state index in [1.807, 2.05) is 0 Å². The summed E-state index contributed by atoms with van der Waals surface area (Å²) in [6.07, 6.45) is 2.10. The SMILES string of the molecule is COC1=NC=CC(=O)C1OC. The summed E-state index contributed by atoms with van der Waals surface area (Å²) in [4.78, 5) is 14.8. The first kappa shape index (κ1) is 7.94. The topological polar surface area (TPSA) is 47.9 Å². The Morgan fingerprint density at radius 3 is 2.73 bits per heavy atom. The van der Waals surface area contributed by atoms with Gasteiger partial charge in [0.05, 0.1) is 7.11 Å². The third kappa shape index (κ3) is 1.46. The van der Waals surface area contributed by atoms with E-state index >= 15 is 0 Å². The zero-order chi connectivity index (χ0) is 8.27. The molecule has 60 valence electrons. The van der Waals surface area contributed by atoms with Gasteiger partial charge in [-0.3, -0.25) is 4.79 Å². The highest BCUT2D eigenvalue weighted by Gasteiger charge is 2.24. The highest BCUT2D eigenvalue weighted by molar-refractivity contribution is 6.11. The molecule has 1 unspecified atom stereocenters. The number of hydrogen-bond donors (Lipinski definition) is 0. The molecule has 0 aliphatic carbocycles. The number of carbonyl (C=O) groups is 1. The van der Waals surface area contributed by atoms with Crippen molar-refractivity contribution < 1.29 is 14.3 Å². The number of ketones is 1. The van der Waals surface area contributed by atoms with Gasteiger partial charge in [0.15, 0.2) is 11.9 Å². The quantitative estimate of drug-likeness (QED) is 0.541. The van der Waals surface area contributed by atoms with Crippen molar-refractivity contribution in [3.05, 3.63) is 12.3 Å². The van der Waals surface area contributed by atoms with Crippen LogP contribution in [0.4, 0.5) is 0 Å². The number of methoxy groups -OCH3 is 2. The van der Waals surface area contributed by atoms with Crippen LogP contribution in [0.1, 0.15) is 0 Å². The Balaban J connectivity index is 2.81. The van der Waals surface area contributed by atoms with Gasteiger partial charge in [0, 0.05) is 19.4 Å². The van der Waals surface area contributed by atoms with Crippen molar-refractivity contribution in [3.63, 3.8) is 0 Å². The van der Waals surface area contributed by atoms with Crippen molar-refractivity contribution in [1.82, 2.24) is 0 Å². The van der Waals surface area contributed by atoms with Gasteiger partial charge in [-0.15, -0.1) is 0 Å². The van der Waals surface area contributed by atoms with Crippen molar-refractivity contribution in [3.8, 4) is 0 Å². The van der Waals surface area contributed by atoms with Crippen LogP contribution in [-0.4, -0.2) is 32.0 Å². The summed E-state index contributed by atoms with van der Waals surface area (Å²) in [5.41, 5.74) is 0. The van der Waals surface area contributed by atoms with E-state index < -0.39 is 6.10 Å². The molecule has 4 nitrogen and oxygen atoms in total. The highest BCUT2D eigenvalue weighted by Crippen LogP contribution is 2.04. The van der Waals surface area contributed by atoms with Crippen LogP contribution in [0.25, 0.3) is 0 Å². The summed E-state index contributed by atoms with van der Waals surface area (Å²) in [5, 5.41) is 0. The van der Waals surface area contributed by atoms with Gasteiger partial charge in [-0.2, -0.15) is 0 Å². The smallest absolute Gasteiger partial charge is 0.225 e. The summed E-state index contributed by atoms with van der Waals surface area (Å²) < 4.78 is 9.67. The molecule has 0 N–H and O–H groups in total. The van der Waals surface area contributed by atoms with Crippen LogP contribution >= 0.6 is 0 Å². The average molecular weight is 155 g/mol. The molecule has 1 atom stereocenters. The maximum atomic E-state index is 11.0. The zero-order valence-electron chi connectivity index (χ0n) is 6.40. The van der Waals surface area contributed by atoms with Crippen LogP contribution in [0.15, 0.2) is 17.3 Å². The number of aliphatic imine (C=N–C) groups is 1. The fourth-order valence-corrected chi connectivity index (χ4v) is 0.838. The van der Waals surface area contributed by atoms with Gasteiger partial charge >= 0.3 is 0 Å². The molecule has 0 aromatic carbocycles. The molecule has 1 aliphatic rings. The van der Waals surface area contributed by atoms with Gasteiger partial charge in [0.2, 0.25) is 5.90 Å². The van der Waals surface area contributed by atoms with Gasteiger partial charge in [-0.05, 0) is 0 Å². The monoisotopic (exact) mass is 155 g/mol. The summed E-state index contributed by atoms with van der Waals surface area (Å²) >= 11 is 0. The van der Waals surface area contributed by atoms with E-state index in [4.69, 9.17) is 9.47 Å². The first-order chi connectivity index (χ1) is 5.29. The van der Waals surface area contributed by atoms with Crippen molar-refractivity contribution in [2.24, 2.45) is 4.99 Å². The van der Waals surface area contributed by atoms with Crippen molar-refractivity contribution >= 4 is 11.7 Å². The molecule has 0 amide bonds. The summed E-state index contributed by atoms with van der Waals surface area (Å²) in [5.74, 6) is 0.166. The second-order valence-corrected chi connectivity index (χ2v) is 2.01. The lowest BCUT2D eigenvalue weighted by Gasteiger charge is -2.15. The maximum absolute atomic E-state index is 11.0. The Morgan fingerprint density at radius 2 is 2.27 bits per heavy atom. The Bertz CT molecular complexity index is 220. The minimum atomic E-state index is -0.662. The molecule has 0 aromatic heterocycles. The lowest BCUT2D eigenvalue weighted by atomic mass is 10.2. The first-order valence-corrected chi connectivity index (χ1v) is 3.14. The fourth-order valence-electron chi connectivity index (χ4n) is 0.838. The molecule has 0 radical (unpaired) electrons. The van der Waals surface area contributed by atoms with Crippen LogP contribution in [0.2, 0.25) is 0 Å². The molecular formula is C7H9NO3. The average Bonchev–Trinajstić information content (AvgIpc) is 2.04. The first-order valence-electron chi connectivity index (χ1n) is 3.14. The van der Waals surface area contributed by atoms with Gasteiger partial charge in [0.1, 0.15) is 0 Å². The Kier molecular flexibility index (Phi) is 2.38. The molecule has 11 heavy (non-hydrogen) atoms. The molecule has 0 saturated heterocycles. The predicted molar refractivity (Wildman–Crippen MR) is 39.4 cm³/mol. The maximum Gasteiger partial charge on any atom is 0.225 e. The Labute approximate surface area is 64.5 Å². The van der Waals surface area contributed by atoms with Crippen molar-refractivity contribution in [1.29, 1.82) is 0 Å². The number of ether oxygens (including phenoxy) is 2. The van der Waals surface area contributed by atoms with Gasteiger partial charge < -0.3 is 9.47 Å². The molecule has 4 heteroatoms. The highest BCUT2D eigenvalue weighted by atomic mass is 16.5. The summed E-state index contributed by atoms with van der Waals surface area (Å²) in [7, 11) is 2.90. The third-order valence-corrected chi connectivity index (χ3v) is 1.37. The lowest BCUT2D eigenvalue weighted by molar-refractivity contribution is -0.121. The molecular weight excluding hydrogens is 146 g/mol. The predicted octanol–water partition coefficient (Wildman–Crippen LogP) is 0.143. The second kappa shape index (κ2) is 3.30. The number of nitrogens with zero attached hydrogens (tertiary/aromatic N) is 1. The van der Waals surface area contributed by atoms with Crippen LogP contribution in [0.3, 0.4) is 0 Å². The van der Waals surface area contributed by atoms with Gasteiger partial charge in [-0.25, -0.2) is 4.99 Å². The third-order valence-electron chi connectivity index (χ3n) is 1.37. The molecule has 1 rings (SSSR count). The van der Waals surface area contributed by atoms with Crippen molar-refractivity contribution in [2.45, 2.75) is 6.10 Å². The van der Waals surface area contributed by atoms with E-state index in [1.165, 1.54) is 26.5 Å². The van der Waals surface area contributed by atoms with Gasteiger partial charge in [-0.1, -0.05) is 0 Å². The van der Waals surface area contributed by atoms with E-state index in [1.54, 1.807) is 0 Å². The normalized spacial score (nSPS) is 23.3. The number of hydrogen-bond acceptors (Lipinski definition) is 4. The Hall–Kier alpha value is -1.16. The molecule has 1 aliphatic heterocycles. The second-order valence-electron chi connectivity index (χ2n) is 2.01. The minimum Gasteiger partial charge on any atom is -0.482 e. The summed E-state index contributed by atoms with van der Waals surface area (Å²) in [6, 6.07) is 0.